The van der Waals surface area contributed by atoms with E-state index < -0.39 is 28.6 Å². The number of halogens is 8. The van der Waals surface area contributed by atoms with E-state index in [1.54, 1.807) is 0 Å². The average molecular weight is 292 g/mol. The molecule has 9 heteroatoms. The molecule has 0 aliphatic carbocycles. The van der Waals surface area contributed by atoms with Crippen LogP contribution in [0.15, 0.2) is 0 Å². The summed E-state index contributed by atoms with van der Waals surface area (Å²) in [6.07, 6.45) is -14.8. The van der Waals surface area contributed by atoms with Gasteiger partial charge in [-0.15, -0.1) is 0 Å². The van der Waals surface area contributed by atoms with Crippen LogP contribution in [-0.4, -0.2) is 28.6 Å². The second-order valence-electron chi connectivity index (χ2n) is 2.36. The summed E-state index contributed by atoms with van der Waals surface area (Å²) in [4.78, 5) is -3.69. The lowest BCUT2D eigenvalue weighted by Crippen LogP contribution is -2.54. The van der Waals surface area contributed by atoms with Crippen molar-refractivity contribution < 1.29 is 30.7 Å². The van der Waals surface area contributed by atoms with Crippen LogP contribution in [-0.2, 0) is 0 Å². The first-order valence-electron chi connectivity index (χ1n) is 3.19. The summed E-state index contributed by atoms with van der Waals surface area (Å²) in [6.45, 7) is 0.842. The predicted octanol–water partition coefficient (Wildman–Crippen LogP) is 3.41. The predicted molar refractivity (Wildman–Crippen MR) is 37.2 cm³/mol. The van der Waals surface area contributed by atoms with Crippen molar-refractivity contribution in [3.63, 3.8) is 0 Å². The zero-order chi connectivity index (χ0) is 11.7. The van der Waals surface area contributed by atoms with Crippen LogP contribution < -0.4 is 0 Å². The molecular formula is C5H5BrF7N. The van der Waals surface area contributed by atoms with E-state index in [0.717, 1.165) is 6.92 Å². The van der Waals surface area contributed by atoms with Gasteiger partial charge in [-0.05, 0) is 6.92 Å². The van der Waals surface area contributed by atoms with Crippen LogP contribution in [0.4, 0.5) is 30.7 Å². The Labute approximate surface area is 83.0 Å². The fourth-order valence-corrected chi connectivity index (χ4v) is 0.865. The molecule has 0 aliphatic heterocycles. The molecule has 0 fully saturated rings. The maximum absolute atomic E-state index is 12.6. The third-order valence-electron chi connectivity index (χ3n) is 1.17. The molecule has 0 aromatic carbocycles. The maximum Gasteiger partial charge on any atom is 0.469 e. The van der Waals surface area contributed by atoms with Crippen molar-refractivity contribution in [3.8, 4) is 0 Å². The highest BCUT2D eigenvalue weighted by Gasteiger charge is 2.58. The molecule has 0 rings (SSSR count). The molecule has 0 radical (unpaired) electrons. The average Bonchev–Trinajstić information content (AvgIpc) is 1.79. The molecule has 0 aliphatic rings. The van der Waals surface area contributed by atoms with Crippen LogP contribution in [0.1, 0.15) is 6.92 Å². The second kappa shape index (κ2) is 4.21. The number of rotatable bonds is 2. The molecule has 0 unspecified atom stereocenters. The first-order chi connectivity index (χ1) is 5.98. The molecule has 0 aromatic rings. The van der Waals surface area contributed by atoms with Crippen molar-refractivity contribution in [2.24, 2.45) is 0 Å². The minimum absolute atomic E-state index is 0.842. The molecule has 2 atom stereocenters. The summed E-state index contributed by atoms with van der Waals surface area (Å²) in [7, 11) is 0. The molecular weight excluding hydrogens is 287 g/mol. The highest BCUT2D eigenvalue weighted by Crippen LogP contribution is 2.37. The van der Waals surface area contributed by atoms with Gasteiger partial charge in [0.25, 0.3) is 0 Å². The van der Waals surface area contributed by atoms with Crippen molar-refractivity contribution in [2.75, 3.05) is 0 Å². The molecule has 0 saturated carbocycles. The van der Waals surface area contributed by atoms with Crippen LogP contribution >= 0.6 is 15.9 Å². The van der Waals surface area contributed by atoms with Crippen LogP contribution in [0.2, 0.25) is 0 Å². The van der Waals surface area contributed by atoms with Crippen LogP contribution in [0, 0.1) is 0 Å². The fourth-order valence-electron chi connectivity index (χ4n) is 0.629. The highest BCUT2D eigenvalue weighted by molar-refractivity contribution is 9.09. The summed E-state index contributed by atoms with van der Waals surface area (Å²) in [5.41, 5.74) is 0. The van der Waals surface area contributed by atoms with Gasteiger partial charge in [0.2, 0.25) is 0 Å². The summed E-state index contributed by atoms with van der Waals surface area (Å²) >= 11 is 2.31. The van der Waals surface area contributed by atoms with E-state index in [-0.39, 0.29) is 0 Å². The third-order valence-corrected chi connectivity index (χ3v) is 1.61. The van der Waals surface area contributed by atoms with Gasteiger partial charge in [-0.1, -0.05) is 20.8 Å². The molecule has 0 saturated heterocycles. The Morgan fingerprint density at radius 2 is 1.29 bits per heavy atom. The smallest absolute Gasteiger partial charge is 0.228 e. The molecule has 0 aromatic heterocycles. The van der Waals surface area contributed by atoms with E-state index in [1.807, 2.05) is 0 Å². The Morgan fingerprint density at radius 3 is 1.36 bits per heavy atom. The minimum Gasteiger partial charge on any atom is -0.228 e. The van der Waals surface area contributed by atoms with Gasteiger partial charge in [0.15, 0.2) is 6.30 Å². The molecule has 0 spiro atoms. The standard InChI is InChI=1S/C5H5BrF7N/c1-2(6)3(7)14(4(8,9)10)5(11,12)13/h2-3H,1H3/t2-,3-/m0/s1. The lowest BCUT2D eigenvalue weighted by molar-refractivity contribution is -0.395. The molecule has 0 bridgehead atoms. The summed E-state index contributed by atoms with van der Waals surface area (Å²) in [5, 5.41) is 0. The Kier molecular flexibility index (Phi) is 4.20. The minimum atomic E-state index is -5.79. The fraction of sp³-hybridized carbons (Fsp3) is 1.00. The van der Waals surface area contributed by atoms with Gasteiger partial charge in [0, 0.05) is 0 Å². The molecule has 0 amide bonds. The molecule has 0 heterocycles. The van der Waals surface area contributed by atoms with E-state index in [0.29, 0.717) is 0 Å². The van der Waals surface area contributed by atoms with Gasteiger partial charge in [-0.25, -0.2) is 4.39 Å². The second-order valence-corrected chi connectivity index (χ2v) is 3.80. The topological polar surface area (TPSA) is 3.24 Å². The lowest BCUT2D eigenvalue weighted by atomic mass is 10.4. The number of nitrogens with zero attached hydrogens (tertiary/aromatic N) is 1. The van der Waals surface area contributed by atoms with Gasteiger partial charge in [0.1, 0.15) is 0 Å². The highest BCUT2D eigenvalue weighted by atomic mass is 79.9. The molecule has 86 valence electrons. The van der Waals surface area contributed by atoms with E-state index in [4.69, 9.17) is 0 Å². The quantitative estimate of drug-likeness (QED) is 0.428. The number of hydrogen-bond donors (Lipinski definition) is 0. The Hall–Kier alpha value is -0.0500. The summed E-state index contributed by atoms with van der Waals surface area (Å²) in [5.74, 6) is 0. The SMILES string of the molecule is C[C@H](Br)[C@@H](F)N(C(F)(F)F)C(F)(F)F. The van der Waals surface area contributed by atoms with Crippen molar-refractivity contribution in [1.82, 2.24) is 4.90 Å². The zero-order valence-electron chi connectivity index (χ0n) is 6.63. The monoisotopic (exact) mass is 291 g/mol. The van der Waals surface area contributed by atoms with Crippen LogP contribution in [0.25, 0.3) is 0 Å². The number of alkyl halides is 8. The van der Waals surface area contributed by atoms with Gasteiger partial charge < -0.3 is 0 Å². The Balaban J connectivity index is 4.94. The molecule has 1 nitrogen and oxygen atoms in total. The van der Waals surface area contributed by atoms with E-state index in [2.05, 4.69) is 15.9 Å². The first kappa shape index (κ1) is 13.9. The van der Waals surface area contributed by atoms with Crippen LogP contribution in [0.5, 0.6) is 0 Å². The first-order valence-corrected chi connectivity index (χ1v) is 4.10. The van der Waals surface area contributed by atoms with Gasteiger partial charge in [-0.2, -0.15) is 26.3 Å². The number of hydrogen-bond acceptors (Lipinski definition) is 1. The van der Waals surface area contributed by atoms with Gasteiger partial charge >= 0.3 is 12.6 Å². The van der Waals surface area contributed by atoms with E-state index in [9.17, 15) is 30.7 Å². The Bertz CT molecular complexity index is 171. The van der Waals surface area contributed by atoms with E-state index in [1.165, 1.54) is 0 Å². The van der Waals surface area contributed by atoms with E-state index >= 15 is 0 Å². The van der Waals surface area contributed by atoms with Gasteiger partial charge in [-0.3, -0.25) is 0 Å². The van der Waals surface area contributed by atoms with Crippen molar-refractivity contribution in [2.45, 2.75) is 30.6 Å². The summed E-state index contributed by atoms with van der Waals surface area (Å²) in [6, 6.07) is 0. The van der Waals surface area contributed by atoms with Crippen molar-refractivity contribution >= 4 is 15.9 Å². The van der Waals surface area contributed by atoms with Gasteiger partial charge in [0.05, 0.1) is 4.83 Å². The summed E-state index contributed by atoms with van der Waals surface area (Å²) < 4.78 is 83.3. The maximum atomic E-state index is 12.6. The molecule has 14 heavy (non-hydrogen) atoms. The zero-order valence-corrected chi connectivity index (χ0v) is 8.21. The third kappa shape index (κ3) is 3.60. The lowest BCUT2D eigenvalue weighted by Gasteiger charge is -2.30. The van der Waals surface area contributed by atoms with Crippen LogP contribution in [0.3, 0.4) is 0 Å². The Morgan fingerprint density at radius 1 is 1.00 bits per heavy atom. The van der Waals surface area contributed by atoms with Crippen molar-refractivity contribution in [3.05, 3.63) is 0 Å². The molecule has 0 N–H and O–H groups in total. The largest absolute Gasteiger partial charge is 0.469 e. The van der Waals surface area contributed by atoms with Crippen molar-refractivity contribution in [1.29, 1.82) is 0 Å². The normalized spacial score (nSPS) is 18.4.